The summed E-state index contributed by atoms with van der Waals surface area (Å²) in [6.45, 7) is 7.91. The van der Waals surface area contributed by atoms with Crippen molar-refractivity contribution in [3.63, 3.8) is 0 Å². The Kier molecular flexibility index (Phi) is 10.3. The summed E-state index contributed by atoms with van der Waals surface area (Å²) in [6.07, 6.45) is 0.936. The SMILES string of the molecule is CCCCCOC1C=C(N2C[C@@H](CC)N(C(c3ccc(F)cc3)c3cccc(C(F)(F)F)n3)C[C@@H]2C)c2nc(C#N)ccc2N1C. The number of hydrogen-bond acceptors (Lipinski definition) is 7. The van der Waals surface area contributed by atoms with Crippen molar-refractivity contribution in [2.45, 2.75) is 77.0 Å². The van der Waals surface area contributed by atoms with Gasteiger partial charge in [0.1, 0.15) is 29.0 Å². The van der Waals surface area contributed by atoms with Crippen LogP contribution in [0.4, 0.5) is 23.2 Å². The predicted molar refractivity (Wildman–Crippen MR) is 169 cm³/mol. The number of unbranched alkanes of at least 4 members (excludes halogenated alkanes) is 2. The third-order valence-corrected chi connectivity index (χ3v) is 8.85. The van der Waals surface area contributed by atoms with E-state index in [0.717, 1.165) is 36.7 Å². The summed E-state index contributed by atoms with van der Waals surface area (Å²) < 4.78 is 61.6. The van der Waals surface area contributed by atoms with Crippen LogP contribution >= 0.6 is 0 Å². The van der Waals surface area contributed by atoms with E-state index >= 15 is 0 Å². The fourth-order valence-corrected chi connectivity index (χ4v) is 6.42. The van der Waals surface area contributed by atoms with Crippen molar-refractivity contribution in [3.8, 4) is 6.07 Å². The molecule has 4 heterocycles. The Labute approximate surface area is 268 Å². The fraction of sp³-hybridized carbons (Fsp3) is 0.457. The molecule has 0 saturated carbocycles. The molecule has 0 aliphatic carbocycles. The van der Waals surface area contributed by atoms with Crippen molar-refractivity contribution >= 4 is 11.4 Å². The zero-order valence-corrected chi connectivity index (χ0v) is 26.6. The maximum Gasteiger partial charge on any atom is 0.433 e. The molecular formula is C35H40F4N6O. The molecule has 0 N–H and O–H groups in total. The molecule has 1 fully saturated rings. The Balaban J connectivity index is 1.53. The van der Waals surface area contributed by atoms with Crippen molar-refractivity contribution in [2.24, 2.45) is 0 Å². The Morgan fingerprint density at radius 2 is 1.78 bits per heavy atom. The maximum atomic E-state index is 14.0. The Hall–Kier alpha value is -4.01. The summed E-state index contributed by atoms with van der Waals surface area (Å²) in [7, 11) is 1.95. The van der Waals surface area contributed by atoms with Crippen molar-refractivity contribution in [3.05, 3.63) is 94.8 Å². The van der Waals surface area contributed by atoms with E-state index in [1.807, 2.05) is 18.0 Å². The van der Waals surface area contributed by atoms with Crippen molar-refractivity contribution < 1.29 is 22.3 Å². The molecule has 0 radical (unpaired) electrons. The molecule has 0 amide bonds. The molecular weight excluding hydrogens is 596 g/mol. The standard InChI is InChI=1S/C35H40F4N6O/c1-5-7-8-18-46-32-19-30(33-29(43(32)4)17-16-26(20-40)41-33)44-22-27(6-2)45(21-23(44)3)34(24-12-14-25(36)15-13-24)28-10-9-11-31(42-28)35(37,38)39/h9-17,19,23,27,32,34H,5-8,18,21-22H2,1-4H3/t23-,27+,32?,34?/m0/s1. The number of benzene rings is 1. The third kappa shape index (κ3) is 7.03. The molecule has 0 bridgehead atoms. The number of anilines is 1. The molecule has 0 spiro atoms. The second-order valence-electron chi connectivity index (χ2n) is 12.0. The molecule has 7 nitrogen and oxygen atoms in total. The average molecular weight is 637 g/mol. The minimum absolute atomic E-state index is 0.102. The number of fused-ring (bicyclic) bond motifs is 1. The second kappa shape index (κ2) is 14.2. The number of rotatable bonds is 10. The van der Waals surface area contributed by atoms with Gasteiger partial charge in [0.2, 0.25) is 0 Å². The van der Waals surface area contributed by atoms with Gasteiger partial charge in [0.15, 0.2) is 6.23 Å². The lowest BCUT2D eigenvalue weighted by molar-refractivity contribution is -0.141. The lowest BCUT2D eigenvalue weighted by Crippen LogP contribution is -2.58. The number of ether oxygens (including phenoxy) is 1. The van der Waals surface area contributed by atoms with Crippen LogP contribution in [0.2, 0.25) is 0 Å². The molecule has 1 aromatic carbocycles. The predicted octanol–water partition coefficient (Wildman–Crippen LogP) is 7.40. The minimum atomic E-state index is -4.60. The topological polar surface area (TPSA) is 68.5 Å². The number of nitriles is 1. The van der Waals surface area contributed by atoms with Crippen molar-refractivity contribution in [2.75, 3.05) is 31.6 Å². The first kappa shape index (κ1) is 33.4. The van der Waals surface area contributed by atoms with Gasteiger partial charge in [-0.3, -0.25) is 4.90 Å². The molecule has 4 atom stereocenters. The average Bonchev–Trinajstić information content (AvgIpc) is 3.05. The van der Waals surface area contributed by atoms with Gasteiger partial charge in [-0.2, -0.15) is 18.4 Å². The monoisotopic (exact) mass is 636 g/mol. The lowest BCUT2D eigenvalue weighted by atomic mass is 9.94. The highest BCUT2D eigenvalue weighted by atomic mass is 19.4. The van der Waals surface area contributed by atoms with Crippen molar-refractivity contribution in [1.82, 2.24) is 19.8 Å². The van der Waals surface area contributed by atoms with Gasteiger partial charge in [-0.1, -0.05) is 44.9 Å². The fourth-order valence-electron chi connectivity index (χ4n) is 6.42. The van der Waals surface area contributed by atoms with Gasteiger partial charge in [-0.05, 0) is 67.8 Å². The van der Waals surface area contributed by atoms with Crippen LogP contribution in [0, 0.1) is 17.1 Å². The number of halogens is 4. The number of pyridine rings is 2. The van der Waals surface area contributed by atoms with Gasteiger partial charge in [-0.25, -0.2) is 14.4 Å². The van der Waals surface area contributed by atoms with E-state index in [4.69, 9.17) is 9.72 Å². The summed E-state index contributed by atoms with van der Waals surface area (Å²) >= 11 is 0. The van der Waals surface area contributed by atoms with Gasteiger partial charge >= 0.3 is 6.18 Å². The first-order valence-electron chi connectivity index (χ1n) is 15.8. The summed E-state index contributed by atoms with van der Waals surface area (Å²) in [5.74, 6) is -0.423. The van der Waals surface area contributed by atoms with Crippen molar-refractivity contribution in [1.29, 1.82) is 5.26 Å². The second-order valence-corrected chi connectivity index (χ2v) is 12.0. The molecule has 2 aliphatic rings. The number of nitrogens with zero attached hydrogens (tertiary/aromatic N) is 6. The summed E-state index contributed by atoms with van der Waals surface area (Å²) in [6, 6.07) is 14.8. The number of piperazine rings is 1. The van der Waals surface area contributed by atoms with Crippen LogP contribution in [0.15, 0.2) is 60.7 Å². The minimum Gasteiger partial charge on any atom is -0.364 e. The van der Waals surface area contributed by atoms with Gasteiger partial charge in [0.05, 0.1) is 23.1 Å². The number of aromatic nitrogens is 2. The van der Waals surface area contributed by atoms with E-state index in [0.29, 0.717) is 43.1 Å². The van der Waals surface area contributed by atoms with Gasteiger partial charge < -0.3 is 14.5 Å². The quantitative estimate of drug-likeness (QED) is 0.170. The first-order chi connectivity index (χ1) is 22.0. The van der Waals surface area contributed by atoms with Crippen LogP contribution in [-0.2, 0) is 10.9 Å². The van der Waals surface area contributed by atoms with E-state index in [1.54, 1.807) is 24.3 Å². The van der Waals surface area contributed by atoms with Crippen LogP contribution in [0.3, 0.4) is 0 Å². The number of likely N-dealkylation sites (N-methyl/N-ethyl adjacent to an activating group) is 1. The maximum absolute atomic E-state index is 14.0. The largest absolute Gasteiger partial charge is 0.433 e. The highest BCUT2D eigenvalue weighted by Gasteiger charge is 2.41. The zero-order valence-electron chi connectivity index (χ0n) is 26.6. The zero-order chi connectivity index (χ0) is 33.0. The molecule has 46 heavy (non-hydrogen) atoms. The van der Waals surface area contributed by atoms with Crippen LogP contribution in [0.25, 0.3) is 5.70 Å². The Bertz CT molecular complexity index is 1570. The van der Waals surface area contributed by atoms with Crippen LogP contribution < -0.4 is 4.90 Å². The normalized spacial score (nSPS) is 21.0. The molecule has 3 aromatic rings. The highest BCUT2D eigenvalue weighted by Crippen LogP contribution is 2.40. The third-order valence-electron chi connectivity index (χ3n) is 8.85. The highest BCUT2D eigenvalue weighted by molar-refractivity contribution is 5.77. The van der Waals surface area contributed by atoms with Gasteiger partial charge in [-0.15, -0.1) is 0 Å². The van der Waals surface area contributed by atoms with E-state index in [-0.39, 0.29) is 24.0 Å². The molecule has 5 rings (SSSR count). The number of alkyl halides is 3. The van der Waals surface area contributed by atoms with Gasteiger partial charge in [0.25, 0.3) is 0 Å². The van der Waals surface area contributed by atoms with Crippen LogP contribution in [-0.4, -0.2) is 64.8 Å². The Morgan fingerprint density at radius 3 is 2.46 bits per heavy atom. The van der Waals surface area contributed by atoms with E-state index in [9.17, 15) is 22.8 Å². The Morgan fingerprint density at radius 1 is 1.02 bits per heavy atom. The number of hydrogen-bond donors (Lipinski definition) is 0. The molecule has 244 valence electrons. The van der Waals surface area contributed by atoms with E-state index in [2.05, 4.69) is 47.7 Å². The summed E-state index contributed by atoms with van der Waals surface area (Å²) in [5.41, 5.74) is 2.69. The van der Waals surface area contributed by atoms with Crippen LogP contribution in [0.5, 0.6) is 0 Å². The molecule has 2 aromatic heterocycles. The molecule has 1 saturated heterocycles. The van der Waals surface area contributed by atoms with E-state index in [1.165, 1.54) is 18.2 Å². The first-order valence-corrected chi connectivity index (χ1v) is 15.8. The molecule has 11 heteroatoms. The summed E-state index contributed by atoms with van der Waals surface area (Å²) in [5, 5.41) is 9.66. The lowest BCUT2D eigenvalue weighted by Gasteiger charge is -2.50. The summed E-state index contributed by atoms with van der Waals surface area (Å²) in [4.78, 5) is 15.3. The molecule has 2 unspecified atom stereocenters. The molecule has 2 aliphatic heterocycles. The van der Waals surface area contributed by atoms with E-state index < -0.39 is 23.7 Å². The van der Waals surface area contributed by atoms with Crippen LogP contribution in [0.1, 0.15) is 80.8 Å². The smallest absolute Gasteiger partial charge is 0.364 e. The van der Waals surface area contributed by atoms with Gasteiger partial charge in [0, 0.05) is 38.8 Å².